The van der Waals surface area contributed by atoms with E-state index < -0.39 is 0 Å². The van der Waals surface area contributed by atoms with Crippen LogP contribution in [0.4, 0.5) is 0 Å². The molecule has 0 radical (unpaired) electrons. The van der Waals surface area contributed by atoms with E-state index in [0.717, 1.165) is 18.8 Å². The van der Waals surface area contributed by atoms with Gasteiger partial charge in [-0.2, -0.15) is 0 Å². The molecular weight excluding hydrogens is 198 g/mol. The Morgan fingerprint density at radius 2 is 2.12 bits per heavy atom. The highest BCUT2D eigenvalue weighted by molar-refractivity contribution is 5.09. The number of likely N-dealkylation sites (N-methyl/N-ethyl adjacent to an activating group) is 1. The van der Waals surface area contributed by atoms with E-state index in [4.69, 9.17) is 5.73 Å². The molecule has 1 unspecified atom stereocenters. The highest BCUT2D eigenvalue weighted by atomic mass is 15.2. The first-order valence-corrected chi connectivity index (χ1v) is 6.04. The van der Waals surface area contributed by atoms with E-state index in [1.54, 1.807) is 0 Å². The van der Waals surface area contributed by atoms with Crippen LogP contribution >= 0.6 is 0 Å². The number of hydrogen-bond donors (Lipinski definition) is 1. The van der Waals surface area contributed by atoms with Crippen LogP contribution in [-0.4, -0.2) is 29.5 Å². The van der Waals surface area contributed by atoms with Gasteiger partial charge in [-0.05, 0) is 24.6 Å². The molecule has 1 heterocycles. The van der Waals surface area contributed by atoms with Gasteiger partial charge in [-0.25, -0.2) is 0 Å². The fraction of sp³-hybridized carbons (Fsp3) is 0.615. The Labute approximate surface area is 98.7 Å². The Hall–Kier alpha value is -0.930. The molecule has 1 atom stereocenters. The van der Waals surface area contributed by atoms with E-state index in [0.29, 0.717) is 12.5 Å². The summed E-state index contributed by atoms with van der Waals surface area (Å²) in [5.41, 5.74) is 6.95. The maximum absolute atomic E-state index is 5.88. The van der Waals surface area contributed by atoms with Crippen molar-refractivity contribution in [3.05, 3.63) is 30.1 Å². The number of pyridine rings is 1. The van der Waals surface area contributed by atoms with Crippen molar-refractivity contribution in [3.63, 3.8) is 0 Å². The van der Waals surface area contributed by atoms with Gasteiger partial charge >= 0.3 is 0 Å². The summed E-state index contributed by atoms with van der Waals surface area (Å²) in [6.07, 6.45) is 1.83. The van der Waals surface area contributed by atoms with E-state index in [-0.39, 0.29) is 6.04 Å². The molecule has 16 heavy (non-hydrogen) atoms. The topological polar surface area (TPSA) is 42.1 Å². The molecule has 1 rings (SSSR count). The quantitative estimate of drug-likeness (QED) is 0.799. The summed E-state index contributed by atoms with van der Waals surface area (Å²) in [5.74, 6) is 0.651. The Morgan fingerprint density at radius 1 is 1.38 bits per heavy atom. The van der Waals surface area contributed by atoms with Crippen LogP contribution in [0.3, 0.4) is 0 Å². The zero-order valence-electron chi connectivity index (χ0n) is 10.6. The summed E-state index contributed by atoms with van der Waals surface area (Å²) in [6, 6.07) is 6.26. The number of nitrogens with zero attached hydrogens (tertiary/aromatic N) is 2. The Kier molecular flexibility index (Phi) is 5.43. The molecule has 0 fully saturated rings. The fourth-order valence-corrected chi connectivity index (χ4v) is 1.98. The second-order valence-corrected chi connectivity index (χ2v) is 4.49. The number of hydrogen-bond acceptors (Lipinski definition) is 3. The Bertz CT molecular complexity index is 284. The van der Waals surface area contributed by atoms with Crippen LogP contribution in [0.5, 0.6) is 0 Å². The molecule has 3 heteroatoms. The molecule has 0 aromatic carbocycles. The summed E-state index contributed by atoms with van der Waals surface area (Å²) < 4.78 is 0. The lowest BCUT2D eigenvalue weighted by atomic mass is 10.1. The minimum absolute atomic E-state index is 0.244. The summed E-state index contributed by atoms with van der Waals surface area (Å²) in [7, 11) is 0. The van der Waals surface area contributed by atoms with Crippen molar-refractivity contribution in [3.8, 4) is 0 Å². The van der Waals surface area contributed by atoms with Gasteiger partial charge in [0.2, 0.25) is 0 Å². The summed E-state index contributed by atoms with van der Waals surface area (Å²) in [4.78, 5) is 6.80. The predicted molar refractivity (Wildman–Crippen MR) is 68.1 cm³/mol. The second kappa shape index (κ2) is 6.61. The molecule has 0 aliphatic rings. The average molecular weight is 221 g/mol. The molecule has 2 N–H and O–H groups in total. The molecule has 0 aliphatic carbocycles. The van der Waals surface area contributed by atoms with Gasteiger partial charge in [0.15, 0.2) is 0 Å². The van der Waals surface area contributed by atoms with E-state index in [1.165, 1.54) is 0 Å². The first-order chi connectivity index (χ1) is 7.69. The molecule has 0 bridgehead atoms. The Morgan fingerprint density at radius 3 is 2.56 bits per heavy atom. The predicted octanol–water partition coefficient (Wildman–Crippen LogP) is 2.06. The minimum atomic E-state index is 0.244. The third-order valence-corrected chi connectivity index (χ3v) is 2.70. The maximum atomic E-state index is 5.88. The van der Waals surface area contributed by atoms with Gasteiger partial charge in [0.1, 0.15) is 0 Å². The third kappa shape index (κ3) is 3.58. The SMILES string of the molecule is CCN(CC(C)C)C(CN)c1ccccn1. The summed E-state index contributed by atoms with van der Waals surface area (Å²) >= 11 is 0. The van der Waals surface area contributed by atoms with Crippen molar-refractivity contribution in [2.45, 2.75) is 26.8 Å². The normalized spacial score (nSPS) is 13.4. The molecule has 0 spiro atoms. The van der Waals surface area contributed by atoms with Crippen molar-refractivity contribution < 1.29 is 0 Å². The van der Waals surface area contributed by atoms with Gasteiger partial charge in [-0.3, -0.25) is 9.88 Å². The van der Waals surface area contributed by atoms with Crippen LogP contribution in [0.2, 0.25) is 0 Å². The van der Waals surface area contributed by atoms with Gasteiger partial charge in [0.25, 0.3) is 0 Å². The molecule has 1 aromatic rings. The van der Waals surface area contributed by atoms with Crippen LogP contribution in [-0.2, 0) is 0 Å². The van der Waals surface area contributed by atoms with Gasteiger partial charge < -0.3 is 5.73 Å². The zero-order chi connectivity index (χ0) is 12.0. The monoisotopic (exact) mass is 221 g/mol. The van der Waals surface area contributed by atoms with E-state index in [2.05, 4.69) is 36.7 Å². The van der Waals surface area contributed by atoms with E-state index >= 15 is 0 Å². The minimum Gasteiger partial charge on any atom is -0.329 e. The average Bonchev–Trinajstić information content (AvgIpc) is 2.29. The molecule has 90 valence electrons. The van der Waals surface area contributed by atoms with Gasteiger partial charge in [-0.15, -0.1) is 0 Å². The van der Waals surface area contributed by atoms with Crippen molar-refractivity contribution in [1.82, 2.24) is 9.88 Å². The van der Waals surface area contributed by atoms with E-state index in [9.17, 15) is 0 Å². The van der Waals surface area contributed by atoms with Crippen LogP contribution in [0.15, 0.2) is 24.4 Å². The zero-order valence-corrected chi connectivity index (χ0v) is 10.6. The van der Waals surface area contributed by atoms with Crippen LogP contribution in [0.25, 0.3) is 0 Å². The molecule has 0 amide bonds. The van der Waals surface area contributed by atoms with E-state index in [1.807, 2.05) is 18.3 Å². The van der Waals surface area contributed by atoms with Crippen molar-refractivity contribution >= 4 is 0 Å². The third-order valence-electron chi connectivity index (χ3n) is 2.70. The largest absolute Gasteiger partial charge is 0.329 e. The lowest BCUT2D eigenvalue weighted by Crippen LogP contribution is -2.36. The molecule has 0 aliphatic heterocycles. The highest BCUT2D eigenvalue weighted by Gasteiger charge is 2.19. The van der Waals surface area contributed by atoms with Gasteiger partial charge in [0.05, 0.1) is 11.7 Å². The number of rotatable bonds is 6. The fourth-order valence-electron chi connectivity index (χ4n) is 1.98. The van der Waals surface area contributed by atoms with Crippen molar-refractivity contribution in [2.75, 3.05) is 19.6 Å². The molecule has 3 nitrogen and oxygen atoms in total. The smallest absolute Gasteiger partial charge is 0.0644 e. The van der Waals surface area contributed by atoms with Crippen LogP contribution < -0.4 is 5.73 Å². The summed E-state index contributed by atoms with van der Waals surface area (Å²) in [5, 5.41) is 0. The van der Waals surface area contributed by atoms with Crippen LogP contribution in [0.1, 0.15) is 32.5 Å². The molecule has 0 saturated heterocycles. The van der Waals surface area contributed by atoms with Gasteiger partial charge in [-0.1, -0.05) is 26.8 Å². The maximum Gasteiger partial charge on any atom is 0.0644 e. The van der Waals surface area contributed by atoms with Crippen molar-refractivity contribution in [1.29, 1.82) is 0 Å². The molecular formula is C13H23N3. The van der Waals surface area contributed by atoms with Gasteiger partial charge in [0, 0.05) is 19.3 Å². The number of nitrogens with two attached hydrogens (primary N) is 1. The lowest BCUT2D eigenvalue weighted by Gasteiger charge is -2.30. The van der Waals surface area contributed by atoms with Crippen molar-refractivity contribution in [2.24, 2.45) is 11.7 Å². The molecule has 0 saturated carbocycles. The Balaban J connectivity index is 2.79. The first kappa shape index (κ1) is 13.1. The highest BCUT2D eigenvalue weighted by Crippen LogP contribution is 2.18. The lowest BCUT2D eigenvalue weighted by molar-refractivity contribution is 0.186. The second-order valence-electron chi connectivity index (χ2n) is 4.49. The molecule has 1 aromatic heterocycles. The number of aromatic nitrogens is 1. The standard InChI is InChI=1S/C13H23N3/c1-4-16(10-11(2)3)13(9-14)12-7-5-6-8-15-12/h5-8,11,13H,4,9-10,14H2,1-3H3. The van der Waals surface area contributed by atoms with Crippen LogP contribution in [0, 0.1) is 5.92 Å². The first-order valence-electron chi connectivity index (χ1n) is 6.04. The summed E-state index contributed by atoms with van der Waals surface area (Å²) in [6.45, 7) is 9.33.